The molecule has 3 rings (SSSR count). The van der Waals surface area contributed by atoms with E-state index in [1.54, 1.807) is 4.90 Å². The number of piperidine rings is 1. The van der Waals surface area contributed by atoms with E-state index < -0.39 is 0 Å². The molecule has 0 atom stereocenters. The number of aryl methyl sites for hydroxylation is 1. The van der Waals surface area contributed by atoms with Gasteiger partial charge in [0.05, 0.1) is 6.33 Å². The van der Waals surface area contributed by atoms with Gasteiger partial charge in [-0.1, -0.05) is 30.3 Å². The first kappa shape index (κ1) is 15.5. The molecule has 0 radical (unpaired) electrons. The minimum Gasteiger partial charge on any atom is -0.338 e. The van der Waals surface area contributed by atoms with E-state index >= 15 is 0 Å². The zero-order valence-electron chi connectivity index (χ0n) is 13.1. The Kier molecular flexibility index (Phi) is 4.86. The third-order valence-electron chi connectivity index (χ3n) is 4.53. The number of aromatic nitrogens is 2. The van der Waals surface area contributed by atoms with Gasteiger partial charge in [-0.3, -0.25) is 9.59 Å². The van der Waals surface area contributed by atoms with E-state index in [1.165, 1.54) is 18.1 Å². The lowest BCUT2D eigenvalue weighted by Gasteiger charge is -2.31. The zero-order valence-corrected chi connectivity index (χ0v) is 13.1. The Labute approximate surface area is 135 Å². The summed E-state index contributed by atoms with van der Waals surface area (Å²) in [5.74, 6) is 0.437. The number of carbonyl (C=O) groups is 1. The van der Waals surface area contributed by atoms with Crippen LogP contribution in [0.15, 0.2) is 47.7 Å². The molecule has 1 aromatic heterocycles. The maximum Gasteiger partial charge on any atom is 0.263 e. The van der Waals surface area contributed by atoms with Crippen LogP contribution in [0.4, 0.5) is 0 Å². The summed E-state index contributed by atoms with van der Waals surface area (Å²) in [5.41, 5.74) is 1.14. The van der Waals surface area contributed by atoms with Gasteiger partial charge in [0.1, 0.15) is 5.56 Å². The van der Waals surface area contributed by atoms with Crippen molar-refractivity contribution in [3.8, 4) is 0 Å². The Morgan fingerprint density at radius 1 is 1.22 bits per heavy atom. The predicted molar refractivity (Wildman–Crippen MR) is 88.2 cm³/mol. The number of aromatic amines is 1. The predicted octanol–water partition coefficient (Wildman–Crippen LogP) is 2.25. The summed E-state index contributed by atoms with van der Waals surface area (Å²) in [6, 6.07) is 10.5. The molecule has 2 aromatic rings. The molecule has 23 heavy (non-hydrogen) atoms. The Bertz CT molecular complexity index is 703. The van der Waals surface area contributed by atoms with Gasteiger partial charge in [0.25, 0.3) is 11.5 Å². The van der Waals surface area contributed by atoms with Crippen molar-refractivity contribution in [3.05, 3.63) is 64.3 Å². The number of carbonyl (C=O) groups excluding carboxylic acids is 1. The SMILES string of the molecule is O=C(c1cnc[nH]c1=O)N1CCC(CCc2ccccc2)CC1. The van der Waals surface area contributed by atoms with Crippen molar-refractivity contribution in [2.24, 2.45) is 5.92 Å². The van der Waals surface area contributed by atoms with Crippen molar-refractivity contribution < 1.29 is 4.79 Å². The molecule has 1 aliphatic rings. The minimum atomic E-state index is -0.365. The average Bonchev–Trinajstić information content (AvgIpc) is 2.61. The van der Waals surface area contributed by atoms with Gasteiger partial charge in [-0.25, -0.2) is 4.98 Å². The van der Waals surface area contributed by atoms with Crippen LogP contribution in [0.5, 0.6) is 0 Å². The normalized spacial score (nSPS) is 15.6. The summed E-state index contributed by atoms with van der Waals surface area (Å²) in [6.07, 6.45) is 6.88. The van der Waals surface area contributed by atoms with Gasteiger partial charge in [0, 0.05) is 19.3 Å². The number of nitrogens with one attached hydrogen (secondary N) is 1. The van der Waals surface area contributed by atoms with Gasteiger partial charge in [0.15, 0.2) is 0 Å². The van der Waals surface area contributed by atoms with Crippen molar-refractivity contribution in [3.63, 3.8) is 0 Å². The summed E-state index contributed by atoms with van der Waals surface area (Å²) in [6.45, 7) is 1.43. The molecule has 0 bridgehead atoms. The highest BCUT2D eigenvalue weighted by Gasteiger charge is 2.25. The molecule has 0 aliphatic carbocycles. The number of hydrogen-bond acceptors (Lipinski definition) is 3. The molecule has 0 spiro atoms. The number of amides is 1. The first-order valence-corrected chi connectivity index (χ1v) is 8.10. The summed E-state index contributed by atoms with van der Waals surface area (Å²) in [7, 11) is 0. The Morgan fingerprint density at radius 2 is 1.96 bits per heavy atom. The molecule has 5 nitrogen and oxygen atoms in total. The third kappa shape index (κ3) is 3.86. The largest absolute Gasteiger partial charge is 0.338 e. The van der Waals surface area contributed by atoms with E-state index in [1.807, 2.05) is 6.07 Å². The second kappa shape index (κ2) is 7.22. The summed E-state index contributed by atoms with van der Waals surface area (Å²) in [4.78, 5) is 32.1. The second-order valence-electron chi connectivity index (χ2n) is 6.05. The Morgan fingerprint density at radius 3 is 2.65 bits per heavy atom. The molecule has 1 saturated heterocycles. The van der Waals surface area contributed by atoms with Gasteiger partial charge >= 0.3 is 0 Å². The Balaban J connectivity index is 1.51. The fraction of sp³-hybridized carbons (Fsp3) is 0.389. The molecular weight excluding hydrogens is 290 g/mol. The third-order valence-corrected chi connectivity index (χ3v) is 4.53. The lowest BCUT2D eigenvalue weighted by atomic mass is 9.90. The van der Waals surface area contributed by atoms with Crippen LogP contribution in [-0.4, -0.2) is 33.9 Å². The van der Waals surface area contributed by atoms with Crippen molar-refractivity contribution in [1.82, 2.24) is 14.9 Å². The number of nitrogens with zero attached hydrogens (tertiary/aromatic N) is 2. The van der Waals surface area contributed by atoms with E-state index in [4.69, 9.17) is 0 Å². The molecule has 0 saturated carbocycles. The lowest BCUT2D eigenvalue weighted by molar-refractivity contribution is 0.0684. The van der Waals surface area contributed by atoms with Crippen LogP contribution in [0.25, 0.3) is 0 Å². The zero-order chi connectivity index (χ0) is 16.1. The first-order valence-electron chi connectivity index (χ1n) is 8.10. The van der Waals surface area contributed by atoms with Gasteiger partial charge in [-0.05, 0) is 37.2 Å². The summed E-state index contributed by atoms with van der Waals surface area (Å²) in [5, 5.41) is 0. The van der Waals surface area contributed by atoms with Crippen LogP contribution in [0.1, 0.15) is 35.2 Å². The molecule has 1 fully saturated rings. The van der Waals surface area contributed by atoms with Gasteiger partial charge in [-0.2, -0.15) is 0 Å². The standard InChI is InChI=1S/C18H21N3O2/c22-17-16(12-19-13-20-17)18(23)21-10-8-15(9-11-21)7-6-14-4-2-1-3-5-14/h1-5,12-13,15H,6-11H2,(H,19,20,22). The number of hydrogen-bond donors (Lipinski definition) is 1. The van der Waals surface area contributed by atoms with Crippen LogP contribution >= 0.6 is 0 Å². The number of H-pyrrole nitrogens is 1. The van der Waals surface area contributed by atoms with Gasteiger partial charge < -0.3 is 9.88 Å². The minimum absolute atomic E-state index is 0.134. The highest BCUT2D eigenvalue weighted by atomic mass is 16.2. The molecule has 1 N–H and O–H groups in total. The number of rotatable bonds is 4. The van der Waals surface area contributed by atoms with Crippen molar-refractivity contribution in [2.45, 2.75) is 25.7 Å². The monoisotopic (exact) mass is 311 g/mol. The van der Waals surface area contributed by atoms with Gasteiger partial charge in [0.2, 0.25) is 0 Å². The summed E-state index contributed by atoms with van der Waals surface area (Å²) < 4.78 is 0. The molecular formula is C18H21N3O2. The molecule has 1 amide bonds. The molecule has 1 aromatic carbocycles. The van der Waals surface area contributed by atoms with E-state index in [0.717, 1.165) is 25.7 Å². The fourth-order valence-electron chi connectivity index (χ4n) is 3.11. The van der Waals surface area contributed by atoms with Crippen molar-refractivity contribution in [2.75, 3.05) is 13.1 Å². The van der Waals surface area contributed by atoms with E-state index in [-0.39, 0.29) is 17.0 Å². The van der Waals surface area contributed by atoms with Crippen molar-refractivity contribution >= 4 is 5.91 Å². The second-order valence-corrected chi connectivity index (χ2v) is 6.05. The topological polar surface area (TPSA) is 66.1 Å². The van der Waals surface area contributed by atoms with Crippen LogP contribution < -0.4 is 5.56 Å². The van der Waals surface area contributed by atoms with E-state index in [9.17, 15) is 9.59 Å². The van der Waals surface area contributed by atoms with Crippen LogP contribution in [0.2, 0.25) is 0 Å². The molecule has 5 heteroatoms. The lowest BCUT2D eigenvalue weighted by Crippen LogP contribution is -2.40. The summed E-state index contributed by atoms with van der Waals surface area (Å²) >= 11 is 0. The Hall–Kier alpha value is -2.43. The molecule has 1 aliphatic heterocycles. The van der Waals surface area contributed by atoms with Crippen LogP contribution in [0.3, 0.4) is 0 Å². The average molecular weight is 311 g/mol. The molecule has 0 unspecified atom stereocenters. The highest BCUT2D eigenvalue weighted by Crippen LogP contribution is 2.23. The number of benzene rings is 1. The first-order chi connectivity index (χ1) is 11.2. The maximum atomic E-state index is 12.4. The quantitative estimate of drug-likeness (QED) is 0.942. The highest BCUT2D eigenvalue weighted by molar-refractivity contribution is 5.93. The maximum absolute atomic E-state index is 12.4. The smallest absolute Gasteiger partial charge is 0.263 e. The van der Waals surface area contributed by atoms with Crippen LogP contribution in [-0.2, 0) is 6.42 Å². The van der Waals surface area contributed by atoms with E-state index in [2.05, 4.69) is 34.2 Å². The fourth-order valence-corrected chi connectivity index (χ4v) is 3.11. The number of likely N-dealkylation sites (tertiary alicyclic amines) is 1. The van der Waals surface area contributed by atoms with E-state index in [0.29, 0.717) is 19.0 Å². The van der Waals surface area contributed by atoms with Crippen molar-refractivity contribution in [1.29, 1.82) is 0 Å². The van der Waals surface area contributed by atoms with Gasteiger partial charge in [-0.15, -0.1) is 0 Å². The molecule has 2 heterocycles. The van der Waals surface area contributed by atoms with Crippen LogP contribution in [0, 0.1) is 5.92 Å². The molecule has 120 valence electrons.